The van der Waals surface area contributed by atoms with Gasteiger partial charge in [-0.2, -0.15) is 10.2 Å². The Morgan fingerprint density at radius 1 is 1.09 bits per heavy atom. The average Bonchev–Trinajstić information content (AvgIpc) is 3.31. The minimum Gasteiger partial charge on any atom is -0.494 e. The van der Waals surface area contributed by atoms with Crippen LogP contribution in [0.25, 0.3) is 11.3 Å². The fourth-order valence-electron chi connectivity index (χ4n) is 3.18. The van der Waals surface area contributed by atoms with Crippen molar-refractivity contribution >= 4 is 23.7 Å². The van der Waals surface area contributed by atoms with Gasteiger partial charge < -0.3 is 4.74 Å². The number of unbranched alkanes of at least 4 members (excludes halogenated alkanes) is 5. The summed E-state index contributed by atoms with van der Waals surface area (Å²) in [5.74, 6) is 0.454. The van der Waals surface area contributed by atoms with E-state index in [2.05, 4.69) is 27.6 Å². The summed E-state index contributed by atoms with van der Waals surface area (Å²) in [7, 11) is 0. The van der Waals surface area contributed by atoms with E-state index in [0.717, 1.165) is 29.9 Å². The van der Waals surface area contributed by atoms with E-state index in [1.807, 2.05) is 42.5 Å². The van der Waals surface area contributed by atoms with E-state index in [9.17, 15) is 4.79 Å². The number of rotatable bonds is 12. The van der Waals surface area contributed by atoms with Crippen LogP contribution in [0.4, 0.5) is 0 Å². The summed E-state index contributed by atoms with van der Waals surface area (Å²) in [5, 5.41) is 11.5. The number of nitrogens with zero attached hydrogens (tertiary/aromatic N) is 2. The molecule has 0 saturated carbocycles. The van der Waals surface area contributed by atoms with Crippen LogP contribution in [-0.4, -0.2) is 28.9 Å². The molecule has 1 amide bonds. The zero-order chi connectivity index (χ0) is 22.6. The van der Waals surface area contributed by atoms with Crippen molar-refractivity contribution in [2.45, 2.75) is 45.4 Å². The summed E-state index contributed by atoms with van der Waals surface area (Å²) in [6, 6.07) is 16.7. The van der Waals surface area contributed by atoms with E-state index in [-0.39, 0.29) is 5.91 Å². The Bertz CT molecular complexity index is 1010. The predicted octanol–water partition coefficient (Wildman–Crippen LogP) is 6.23. The Morgan fingerprint density at radius 2 is 1.84 bits per heavy atom. The molecule has 1 aromatic heterocycles. The first kappa shape index (κ1) is 23.5. The van der Waals surface area contributed by atoms with Crippen molar-refractivity contribution in [2.75, 3.05) is 6.61 Å². The molecule has 0 atom stereocenters. The number of aromatic amines is 1. The summed E-state index contributed by atoms with van der Waals surface area (Å²) >= 11 is 6.07. The fourth-order valence-corrected chi connectivity index (χ4v) is 3.37. The van der Waals surface area contributed by atoms with E-state index < -0.39 is 0 Å². The Labute approximate surface area is 194 Å². The molecule has 6 nitrogen and oxygen atoms in total. The van der Waals surface area contributed by atoms with Crippen molar-refractivity contribution in [1.82, 2.24) is 15.6 Å². The topological polar surface area (TPSA) is 79.4 Å². The first-order valence-corrected chi connectivity index (χ1v) is 11.4. The lowest BCUT2D eigenvalue weighted by atomic mass is 10.1. The lowest BCUT2D eigenvalue weighted by Gasteiger charge is -2.06. The summed E-state index contributed by atoms with van der Waals surface area (Å²) in [5.41, 5.74) is 5.08. The quantitative estimate of drug-likeness (QED) is 0.194. The van der Waals surface area contributed by atoms with Crippen LogP contribution < -0.4 is 10.2 Å². The lowest BCUT2D eigenvalue weighted by Crippen LogP contribution is -2.18. The number of carbonyl (C=O) groups is 1. The Morgan fingerprint density at radius 3 is 2.62 bits per heavy atom. The third kappa shape index (κ3) is 7.24. The highest BCUT2D eigenvalue weighted by atomic mass is 35.5. The van der Waals surface area contributed by atoms with Gasteiger partial charge in [-0.25, -0.2) is 5.43 Å². The van der Waals surface area contributed by atoms with Gasteiger partial charge in [0.2, 0.25) is 0 Å². The van der Waals surface area contributed by atoms with E-state index in [4.69, 9.17) is 16.3 Å². The van der Waals surface area contributed by atoms with E-state index in [1.54, 1.807) is 12.1 Å². The van der Waals surface area contributed by atoms with Crippen LogP contribution in [0.15, 0.2) is 59.7 Å². The SMILES string of the molecule is CCCCCCCCOc1ccc(-c2cc(C(=O)N/N=C\c3ccccc3Cl)[nH]n2)cc1. The van der Waals surface area contributed by atoms with Gasteiger partial charge in [-0.1, -0.05) is 68.8 Å². The second kappa shape index (κ2) is 12.7. The van der Waals surface area contributed by atoms with Crippen molar-refractivity contribution in [1.29, 1.82) is 0 Å². The molecule has 3 rings (SSSR count). The van der Waals surface area contributed by atoms with Gasteiger partial charge in [-0.05, 0) is 42.8 Å². The normalized spacial score (nSPS) is 11.1. The van der Waals surface area contributed by atoms with Crippen LogP contribution >= 0.6 is 11.6 Å². The van der Waals surface area contributed by atoms with Gasteiger partial charge in [0.05, 0.1) is 18.5 Å². The number of aromatic nitrogens is 2. The average molecular weight is 453 g/mol. The zero-order valence-electron chi connectivity index (χ0n) is 18.3. The highest BCUT2D eigenvalue weighted by molar-refractivity contribution is 6.33. The van der Waals surface area contributed by atoms with Crippen LogP contribution in [-0.2, 0) is 0 Å². The molecule has 0 bridgehead atoms. The van der Waals surface area contributed by atoms with Crippen molar-refractivity contribution in [3.05, 3.63) is 70.9 Å². The van der Waals surface area contributed by atoms with Crippen molar-refractivity contribution in [2.24, 2.45) is 5.10 Å². The third-order valence-electron chi connectivity index (χ3n) is 5.01. The van der Waals surface area contributed by atoms with Crippen molar-refractivity contribution < 1.29 is 9.53 Å². The molecule has 2 aromatic carbocycles. The minimum atomic E-state index is -0.383. The summed E-state index contributed by atoms with van der Waals surface area (Å²) in [4.78, 5) is 12.3. The number of carbonyl (C=O) groups excluding carboxylic acids is 1. The fraction of sp³-hybridized carbons (Fsp3) is 0.320. The number of halogens is 1. The standard InChI is InChI=1S/C25H29ClN4O2/c1-2-3-4-5-6-9-16-32-21-14-12-19(13-15-21)23-17-24(29-28-23)25(31)30-27-18-20-10-7-8-11-22(20)26/h7-8,10-15,17-18H,2-6,9,16H2,1H3,(H,28,29)(H,30,31)/b27-18-. The van der Waals surface area contributed by atoms with Gasteiger partial charge in [0.15, 0.2) is 0 Å². The molecule has 0 aliphatic carbocycles. The maximum atomic E-state index is 12.3. The van der Waals surface area contributed by atoms with Crippen LogP contribution in [0.2, 0.25) is 5.02 Å². The largest absolute Gasteiger partial charge is 0.494 e. The lowest BCUT2D eigenvalue weighted by molar-refractivity contribution is 0.0950. The number of nitrogens with one attached hydrogen (secondary N) is 2. The molecular weight excluding hydrogens is 424 g/mol. The molecule has 7 heteroatoms. The van der Waals surface area contributed by atoms with Gasteiger partial charge in [0.1, 0.15) is 11.4 Å². The van der Waals surface area contributed by atoms with Crippen molar-refractivity contribution in [3.63, 3.8) is 0 Å². The molecule has 168 valence electrons. The van der Waals surface area contributed by atoms with Crippen LogP contribution in [0.3, 0.4) is 0 Å². The Hall–Kier alpha value is -3.12. The number of hydrogen-bond acceptors (Lipinski definition) is 4. The second-order valence-corrected chi connectivity index (χ2v) is 7.94. The van der Waals surface area contributed by atoms with Gasteiger partial charge in [0, 0.05) is 16.1 Å². The number of hydrogen-bond donors (Lipinski definition) is 2. The Kier molecular flexibility index (Phi) is 9.32. The molecule has 0 saturated heterocycles. The minimum absolute atomic E-state index is 0.319. The van der Waals surface area contributed by atoms with Gasteiger partial charge in [0.25, 0.3) is 5.91 Å². The predicted molar refractivity (Wildman–Crippen MR) is 129 cm³/mol. The molecule has 0 radical (unpaired) electrons. The molecule has 1 heterocycles. The number of amides is 1. The second-order valence-electron chi connectivity index (χ2n) is 7.53. The first-order valence-electron chi connectivity index (χ1n) is 11.0. The Balaban J connectivity index is 1.47. The zero-order valence-corrected chi connectivity index (χ0v) is 19.1. The molecule has 32 heavy (non-hydrogen) atoms. The molecule has 0 aliphatic rings. The highest BCUT2D eigenvalue weighted by Gasteiger charge is 2.10. The summed E-state index contributed by atoms with van der Waals surface area (Å²) < 4.78 is 5.82. The van der Waals surface area contributed by atoms with Crippen LogP contribution in [0.1, 0.15) is 61.5 Å². The molecule has 0 aliphatic heterocycles. The highest BCUT2D eigenvalue weighted by Crippen LogP contribution is 2.21. The molecule has 0 spiro atoms. The molecule has 2 N–H and O–H groups in total. The van der Waals surface area contributed by atoms with Gasteiger partial charge >= 0.3 is 0 Å². The number of benzene rings is 2. The van der Waals surface area contributed by atoms with Crippen LogP contribution in [0, 0.1) is 0 Å². The first-order chi connectivity index (χ1) is 15.7. The number of ether oxygens (including phenoxy) is 1. The van der Waals surface area contributed by atoms with Crippen LogP contribution in [0.5, 0.6) is 5.75 Å². The summed E-state index contributed by atoms with van der Waals surface area (Å²) in [6.07, 6.45) is 8.94. The van der Waals surface area contributed by atoms with Gasteiger partial charge in [-0.3, -0.25) is 9.89 Å². The van der Waals surface area contributed by atoms with Gasteiger partial charge in [-0.15, -0.1) is 0 Å². The smallest absolute Gasteiger partial charge is 0.289 e. The number of hydrazone groups is 1. The summed E-state index contributed by atoms with van der Waals surface area (Å²) in [6.45, 7) is 2.96. The van der Waals surface area contributed by atoms with E-state index in [1.165, 1.54) is 38.3 Å². The van der Waals surface area contributed by atoms with Crippen molar-refractivity contribution in [3.8, 4) is 17.0 Å². The van der Waals surface area contributed by atoms with E-state index >= 15 is 0 Å². The molecule has 0 fully saturated rings. The molecule has 0 unspecified atom stereocenters. The van der Waals surface area contributed by atoms with E-state index in [0.29, 0.717) is 16.4 Å². The maximum absolute atomic E-state index is 12.3. The third-order valence-corrected chi connectivity index (χ3v) is 5.36. The molecular formula is C25H29ClN4O2. The monoisotopic (exact) mass is 452 g/mol. The number of H-pyrrole nitrogens is 1. The molecule has 3 aromatic rings. The maximum Gasteiger partial charge on any atom is 0.289 e.